The van der Waals surface area contributed by atoms with Crippen molar-refractivity contribution >= 4 is 40.2 Å². The van der Waals surface area contributed by atoms with Crippen molar-refractivity contribution in [3.8, 4) is 11.5 Å². The molecule has 0 radical (unpaired) electrons. The molecule has 0 bridgehead atoms. The minimum absolute atomic E-state index is 0.00160. The second kappa shape index (κ2) is 6.03. The lowest BCUT2D eigenvalue weighted by molar-refractivity contribution is 0.0978. The summed E-state index contributed by atoms with van der Waals surface area (Å²) in [7, 11) is 0. The van der Waals surface area contributed by atoms with Gasteiger partial charge in [0.25, 0.3) is 0 Å². The number of hydrogen-bond acceptors (Lipinski definition) is 6. The number of fused-ring (bicyclic) bond motifs is 2. The van der Waals surface area contributed by atoms with E-state index in [1.54, 1.807) is 48.5 Å². The van der Waals surface area contributed by atoms with Crippen LogP contribution in [0.4, 0.5) is 17.1 Å². The van der Waals surface area contributed by atoms with Crippen molar-refractivity contribution < 1.29 is 14.3 Å². The zero-order chi connectivity index (χ0) is 19.3. The first-order valence-corrected chi connectivity index (χ1v) is 8.40. The van der Waals surface area contributed by atoms with E-state index in [2.05, 4.69) is 0 Å². The Hall–Kier alpha value is -3.51. The molecule has 3 aromatic rings. The molecule has 0 fully saturated rings. The molecule has 134 valence electrons. The molecule has 6 nitrogen and oxygen atoms in total. The molecular formula is C20H14ClN3O3. The van der Waals surface area contributed by atoms with Gasteiger partial charge in [0.1, 0.15) is 11.4 Å². The molecule has 0 aliphatic heterocycles. The van der Waals surface area contributed by atoms with Gasteiger partial charge in [0, 0.05) is 16.1 Å². The van der Waals surface area contributed by atoms with Gasteiger partial charge in [0.2, 0.25) is 0 Å². The Morgan fingerprint density at radius 1 is 0.704 bits per heavy atom. The smallest absolute Gasteiger partial charge is 0.198 e. The van der Waals surface area contributed by atoms with E-state index in [4.69, 9.17) is 33.5 Å². The van der Waals surface area contributed by atoms with E-state index < -0.39 is 11.6 Å². The number of benzene rings is 3. The number of hydrogen-bond donors (Lipinski definition) is 3. The molecule has 1 aliphatic rings. The van der Waals surface area contributed by atoms with Gasteiger partial charge in [-0.05, 0) is 24.3 Å². The van der Waals surface area contributed by atoms with Crippen molar-refractivity contribution in [1.82, 2.24) is 0 Å². The Bertz CT molecular complexity index is 1120. The summed E-state index contributed by atoms with van der Waals surface area (Å²) >= 11 is 5.89. The van der Waals surface area contributed by atoms with E-state index in [-0.39, 0.29) is 45.1 Å². The molecule has 7 heteroatoms. The lowest BCUT2D eigenvalue weighted by Gasteiger charge is -2.24. The average molecular weight is 380 g/mol. The van der Waals surface area contributed by atoms with E-state index >= 15 is 0 Å². The van der Waals surface area contributed by atoms with Gasteiger partial charge in [-0.1, -0.05) is 35.9 Å². The average Bonchev–Trinajstić information content (AvgIpc) is 2.68. The van der Waals surface area contributed by atoms with Crippen LogP contribution in [0.5, 0.6) is 11.5 Å². The van der Waals surface area contributed by atoms with Crippen molar-refractivity contribution in [3.05, 3.63) is 75.8 Å². The minimum atomic E-state index is -0.400. The first-order valence-electron chi connectivity index (χ1n) is 8.02. The van der Waals surface area contributed by atoms with E-state index in [9.17, 15) is 9.59 Å². The number of nitrogens with two attached hydrogens (primary N) is 3. The molecule has 0 unspecified atom stereocenters. The van der Waals surface area contributed by atoms with Crippen LogP contribution in [0.15, 0.2) is 48.5 Å². The van der Waals surface area contributed by atoms with Crippen LogP contribution in [0.1, 0.15) is 31.8 Å². The molecule has 0 atom stereocenters. The van der Waals surface area contributed by atoms with Crippen LogP contribution in [-0.2, 0) is 0 Å². The molecule has 0 aromatic heterocycles. The lowest BCUT2D eigenvalue weighted by Crippen LogP contribution is -2.24. The Balaban J connectivity index is 1.98. The summed E-state index contributed by atoms with van der Waals surface area (Å²) in [6.07, 6.45) is 0. The predicted molar refractivity (Wildman–Crippen MR) is 105 cm³/mol. The molecule has 0 spiro atoms. The number of carbonyl (C=O) groups is 2. The van der Waals surface area contributed by atoms with Crippen molar-refractivity contribution in [3.63, 3.8) is 0 Å². The van der Waals surface area contributed by atoms with Crippen LogP contribution >= 0.6 is 11.6 Å². The molecule has 0 amide bonds. The summed E-state index contributed by atoms with van der Waals surface area (Å²) in [5.41, 5.74) is 18.7. The maximum Gasteiger partial charge on any atom is 0.198 e. The number of halogens is 1. The fraction of sp³-hybridized carbons (Fsp3) is 0. The summed E-state index contributed by atoms with van der Waals surface area (Å²) in [5.74, 6) is -0.406. The van der Waals surface area contributed by atoms with Gasteiger partial charge in [-0.15, -0.1) is 0 Å². The fourth-order valence-electron chi connectivity index (χ4n) is 3.11. The standard InChI is InChI=1S/C20H14ClN3O3/c21-9-5-7-10(8-6-9)27-20-14-13(15(22)16(23)17(20)24)18(25)11-3-1-2-4-12(11)19(14)26/h1-8H,22-24H2. The van der Waals surface area contributed by atoms with E-state index in [1.165, 1.54) is 0 Å². The van der Waals surface area contributed by atoms with Crippen molar-refractivity contribution in [2.24, 2.45) is 0 Å². The van der Waals surface area contributed by atoms with Gasteiger partial charge in [0.05, 0.1) is 22.5 Å². The van der Waals surface area contributed by atoms with Gasteiger partial charge in [-0.2, -0.15) is 0 Å². The Morgan fingerprint density at radius 3 is 1.85 bits per heavy atom. The molecule has 6 N–H and O–H groups in total. The third kappa shape index (κ3) is 2.50. The maximum absolute atomic E-state index is 13.1. The highest BCUT2D eigenvalue weighted by Crippen LogP contribution is 2.46. The summed E-state index contributed by atoms with van der Waals surface area (Å²) in [6.45, 7) is 0. The van der Waals surface area contributed by atoms with Crippen molar-refractivity contribution in [1.29, 1.82) is 0 Å². The summed E-state index contributed by atoms with van der Waals surface area (Å²) in [5, 5.41) is 0.523. The van der Waals surface area contributed by atoms with Gasteiger partial charge >= 0.3 is 0 Å². The quantitative estimate of drug-likeness (QED) is 0.457. The number of carbonyl (C=O) groups excluding carboxylic acids is 2. The molecular weight excluding hydrogens is 366 g/mol. The lowest BCUT2D eigenvalue weighted by atomic mass is 9.82. The minimum Gasteiger partial charge on any atom is -0.454 e. The Kier molecular flexibility index (Phi) is 3.78. The van der Waals surface area contributed by atoms with Crippen molar-refractivity contribution in [2.45, 2.75) is 0 Å². The molecule has 3 aromatic carbocycles. The predicted octanol–water partition coefficient (Wildman–Crippen LogP) is 3.65. The monoisotopic (exact) mass is 379 g/mol. The molecule has 4 rings (SSSR count). The van der Waals surface area contributed by atoms with E-state index in [1.807, 2.05) is 0 Å². The van der Waals surface area contributed by atoms with Gasteiger partial charge in [-0.25, -0.2) is 0 Å². The van der Waals surface area contributed by atoms with Crippen LogP contribution in [-0.4, -0.2) is 11.6 Å². The molecule has 27 heavy (non-hydrogen) atoms. The fourth-order valence-corrected chi connectivity index (χ4v) is 3.24. The second-order valence-corrected chi connectivity index (χ2v) is 6.52. The van der Waals surface area contributed by atoms with Gasteiger partial charge in [0.15, 0.2) is 17.3 Å². The first kappa shape index (κ1) is 16.9. The Morgan fingerprint density at radius 2 is 1.26 bits per heavy atom. The topological polar surface area (TPSA) is 121 Å². The van der Waals surface area contributed by atoms with Gasteiger partial charge < -0.3 is 21.9 Å². The number of nitrogen functional groups attached to an aromatic ring is 3. The highest BCUT2D eigenvalue weighted by Gasteiger charge is 2.36. The molecule has 0 heterocycles. The summed E-state index contributed by atoms with van der Waals surface area (Å²) in [6, 6.07) is 13.0. The van der Waals surface area contributed by atoms with E-state index in [0.717, 1.165) is 0 Å². The number of ether oxygens (including phenoxy) is 1. The molecule has 1 aliphatic carbocycles. The zero-order valence-corrected chi connectivity index (χ0v) is 14.7. The van der Waals surface area contributed by atoms with Crippen LogP contribution in [0.2, 0.25) is 5.02 Å². The number of ketones is 2. The highest BCUT2D eigenvalue weighted by atomic mass is 35.5. The van der Waals surface area contributed by atoms with Crippen molar-refractivity contribution in [2.75, 3.05) is 17.2 Å². The Labute approximate surface area is 159 Å². The van der Waals surface area contributed by atoms with Crippen LogP contribution < -0.4 is 21.9 Å². The molecule has 0 saturated carbocycles. The van der Waals surface area contributed by atoms with Crippen LogP contribution in [0.25, 0.3) is 0 Å². The molecule has 0 saturated heterocycles. The van der Waals surface area contributed by atoms with Gasteiger partial charge in [-0.3, -0.25) is 9.59 Å². The number of anilines is 3. The second-order valence-electron chi connectivity index (χ2n) is 6.08. The first-order chi connectivity index (χ1) is 12.9. The summed E-state index contributed by atoms with van der Waals surface area (Å²) in [4.78, 5) is 26.1. The third-order valence-electron chi connectivity index (χ3n) is 4.48. The normalized spacial score (nSPS) is 12.5. The largest absolute Gasteiger partial charge is 0.454 e. The van der Waals surface area contributed by atoms with E-state index in [0.29, 0.717) is 10.8 Å². The van der Waals surface area contributed by atoms with Crippen LogP contribution in [0.3, 0.4) is 0 Å². The number of rotatable bonds is 2. The zero-order valence-electron chi connectivity index (χ0n) is 14.0. The SMILES string of the molecule is Nc1c(N)c(Oc2ccc(Cl)cc2)c2c(c1N)C(=O)c1ccccc1C2=O. The highest BCUT2D eigenvalue weighted by molar-refractivity contribution is 6.32. The maximum atomic E-state index is 13.1. The van der Waals surface area contributed by atoms with Crippen LogP contribution in [0, 0.1) is 0 Å². The third-order valence-corrected chi connectivity index (χ3v) is 4.73. The summed E-state index contributed by atoms with van der Waals surface area (Å²) < 4.78 is 5.84.